The molecule has 0 atom stereocenters. The van der Waals surface area contributed by atoms with Crippen molar-refractivity contribution in [3.05, 3.63) is 315 Å². The average Bonchev–Trinajstić information content (AvgIpc) is 1.71. The summed E-state index contributed by atoms with van der Waals surface area (Å²) >= 11 is 23.6. The molecule has 0 radical (unpaired) electrons. The van der Waals surface area contributed by atoms with Gasteiger partial charge >= 0.3 is 13.1 Å². The van der Waals surface area contributed by atoms with Crippen LogP contribution < -0.4 is 17.1 Å². The topological polar surface area (TPSA) is 322 Å². The number of Topliss-reactive ketones (excluding diaryl/α,β-unsaturated/α-hetero) is 3. The van der Waals surface area contributed by atoms with Crippen LogP contribution in [0.5, 0.6) is 0 Å². The minimum Gasteiger partial charge on any atom is -0.466 e. The quantitative estimate of drug-likeness (QED) is 0.00879. The fourth-order valence-electron chi connectivity index (χ4n) is 12.7. The number of nitrogens with two attached hydrogens (primary N) is 2. The third kappa shape index (κ3) is 46.7. The van der Waals surface area contributed by atoms with E-state index in [-0.39, 0.29) is 40.1 Å². The number of ether oxygens (including phenoxy) is 1. The number of aromatic nitrogens is 8. The lowest BCUT2D eigenvalue weighted by molar-refractivity contribution is -0.140. The second-order valence-corrected chi connectivity index (χ2v) is 44.8. The summed E-state index contributed by atoms with van der Waals surface area (Å²) in [7, 11) is -8.13. The van der Waals surface area contributed by atoms with Gasteiger partial charge in [-0.15, -0.1) is 0 Å². The number of hydrogen-bond acceptors (Lipinski definition) is 18. The van der Waals surface area contributed by atoms with Crippen LogP contribution in [-0.4, -0.2) is 133 Å². The number of esters is 1. The Morgan fingerprint density at radius 2 is 0.748 bits per heavy atom. The number of ketones is 3. The molecule has 6 N–H and O–H groups in total. The number of benzene rings is 9. The largest absolute Gasteiger partial charge is 0.488 e. The van der Waals surface area contributed by atoms with E-state index in [1.54, 1.807) is 68.4 Å². The van der Waals surface area contributed by atoms with Crippen molar-refractivity contribution in [2.45, 2.75) is 174 Å². The molecule has 0 saturated heterocycles. The summed E-state index contributed by atoms with van der Waals surface area (Å²) in [5.74, 6) is 10.8. The molecule has 13 aromatic rings. The Labute approximate surface area is 882 Å². The Morgan fingerprint density at radius 3 is 1.06 bits per heavy atom. The molecule has 1 aliphatic heterocycles. The first-order valence-corrected chi connectivity index (χ1v) is 54.7. The molecule has 1 aliphatic rings. The number of nitrogens with zero attached hydrogens (tertiary/aromatic N) is 9. The van der Waals surface area contributed by atoms with Crippen molar-refractivity contribution in [1.82, 2.24) is 39.1 Å². The molecular weight excluding hydrogens is 2250 g/mol. The van der Waals surface area contributed by atoms with Crippen molar-refractivity contribution >= 4 is 178 Å². The minimum atomic E-state index is -3.28. The summed E-state index contributed by atoms with van der Waals surface area (Å²) in [6.07, 6.45) is 4.42. The van der Waals surface area contributed by atoms with Crippen molar-refractivity contribution < 1.29 is 50.8 Å². The summed E-state index contributed by atoms with van der Waals surface area (Å²) in [6, 6.07) is 77.0. The van der Waals surface area contributed by atoms with Crippen molar-refractivity contribution in [3.8, 4) is 56.2 Å². The van der Waals surface area contributed by atoms with Gasteiger partial charge in [0.05, 0.1) is 69.2 Å². The molecule has 0 bridgehead atoms. The van der Waals surface area contributed by atoms with E-state index in [4.69, 9.17) is 10.0 Å². The summed E-state index contributed by atoms with van der Waals surface area (Å²) in [5.41, 5.74) is 20.7. The van der Waals surface area contributed by atoms with Crippen LogP contribution in [0.25, 0.3) is 61.7 Å². The van der Waals surface area contributed by atoms with E-state index in [2.05, 4.69) is 376 Å². The van der Waals surface area contributed by atoms with E-state index in [0.717, 1.165) is 133 Å². The zero-order chi connectivity index (χ0) is 104. The molecule has 139 heavy (non-hydrogen) atoms. The molecule has 0 aliphatic carbocycles. The zero-order valence-electron chi connectivity index (χ0n) is 83.0. The molecule has 0 fully saturated rings. The molecular formula is C107H131BBr7N11O11S2. The second kappa shape index (κ2) is 62.3. The first kappa shape index (κ1) is 122. The fourth-order valence-corrected chi connectivity index (χ4v) is 15.7. The Kier molecular flexibility index (Phi) is 54.8. The standard InChI is InChI=1S/C21H24N2O2S.3C14H17BrN2.C11H10BrN.C10H9BrO2.C8H7BrO.C7H9BO4S.C4H9Br.C4H8O2.H4N2/c1-15(2)14-23-21(12-16(3)22-23)18-10-8-17(9-11-18)19-6-5-7-20(13-19)26(4,24)25;1-10(2)9-17-11(3)8-14(16-17)12-4-6-13(15)7-5-12;2*1-10(2)9-17-14(8-11(3)16-17)12-4-6-13(15)7-5-12;1-8-6-10(7-13-8)9-2-4-11(12)5-3-9;1-7(12)6-10(13)8-2-4-9(11)5-3-8;1-6(10)7-2-4-8(9)5-3-7;1-13(11,12)7-4-2-3-6(5-7)8(9)10;1-4(2)3-5;1-3-6-4(2)5;1-2/h5-13,15H,14H2,1-4H3;3*4-8,10H,9H2,1-3H3;2-6H,7H2,1H3;2-5H,6H2,1H3;2-5H,1H3;2-5,9-10H,1H3;4H,3H2,1-2H3;3H2,1-2H3;1-2H2. The number of rotatable bonds is 23. The van der Waals surface area contributed by atoms with E-state index in [9.17, 15) is 36.0 Å². The number of alkyl halides is 1. The highest BCUT2D eigenvalue weighted by molar-refractivity contribution is 9.11. The number of halogens is 7. The van der Waals surface area contributed by atoms with Crippen LogP contribution in [0, 0.1) is 57.3 Å². The Morgan fingerprint density at radius 1 is 0.417 bits per heavy atom. The lowest BCUT2D eigenvalue weighted by Gasteiger charge is -2.11. The maximum Gasteiger partial charge on any atom is 0.488 e. The monoisotopic (exact) mass is 2370 g/mol. The van der Waals surface area contributed by atoms with Crippen molar-refractivity contribution in [2.75, 3.05) is 31.0 Å². The van der Waals surface area contributed by atoms with E-state index >= 15 is 0 Å². The van der Waals surface area contributed by atoms with E-state index < -0.39 is 26.8 Å². The lowest BCUT2D eigenvalue weighted by atomic mass is 9.80. The SMILES string of the molecule is CC(=O)CC(=O)c1ccc(Br)cc1.CC(=O)c1ccc(Br)cc1.CC(C)CBr.CC1=NCC(c2ccc(Br)cc2)=C1.CCOC(C)=O.CS(=O)(=O)c1cccc(B(O)O)c1.Cc1cc(-c2ccc(-c3cccc(S(C)(=O)=O)c3)cc2)n(CC(C)C)n1.Cc1cc(-c2ccc(Br)cc2)n(CC(C)C)n1.Cc1cc(-c2ccc(Br)cc2)n(CC(C)C)n1.Cc1cc(-c2ccc(Br)cc2)nn1CC(C)C.NN. The molecule has 14 rings (SSSR count). The Hall–Kier alpha value is -9.13. The first-order chi connectivity index (χ1) is 65.4. The van der Waals surface area contributed by atoms with Crippen LogP contribution in [0.3, 0.4) is 0 Å². The highest BCUT2D eigenvalue weighted by Crippen LogP contribution is 2.31. The second-order valence-electron chi connectivity index (χ2n) is 34.6. The van der Waals surface area contributed by atoms with Crippen LogP contribution in [-0.2, 0) is 60.2 Å². The summed E-state index contributed by atoms with van der Waals surface area (Å²) < 4.78 is 64.7. The average molecular weight is 2380 g/mol. The van der Waals surface area contributed by atoms with Gasteiger partial charge in [-0.05, 0) is 257 Å². The summed E-state index contributed by atoms with van der Waals surface area (Å²) in [5, 5.41) is 37.0. The highest BCUT2D eigenvalue weighted by atomic mass is 79.9. The smallest absolute Gasteiger partial charge is 0.466 e. The number of carbonyl (C=O) groups excluding carboxylic acids is 4. The maximum atomic E-state index is 11.8. The number of carbonyl (C=O) groups is 4. The van der Waals surface area contributed by atoms with Gasteiger partial charge in [-0.25, -0.2) is 16.8 Å². The molecule has 0 spiro atoms. The predicted octanol–water partition coefficient (Wildman–Crippen LogP) is 26.2. The van der Waals surface area contributed by atoms with Gasteiger partial charge in [0.15, 0.2) is 31.2 Å². The lowest BCUT2D eigenvalue weighted by Crippen LogP contribution is -2.30. The van der Waals surface area contributed by atoms with E-state index in [0.29, 0.717) is 40.7 Å². The van der Waals surface area contributed by atoms with E-state index in [1.807, 2.05) is 70.2 Å². The van der Waals surface area contributed by atoms with Gasteiger partial charge in [0.25, 0.3) is 0 Å². The minimum absolute atomic E-state index is 0.0123. The van der Waals surface area contributed by atoms with Crippen molar-refractivity contribution in [2.24, 2.45) is 46.3 Å². The molecule has 0 unspecified atom stereocenters. The van der Waals surface area contributed by atoms with Crippen LogP contribution in [0.4, 0.5) is 0 Å². The summed E-state index contributed by atoms with van der Waals surface area (Å²) in [6.45, 7) is 43.4. The Bertz CT molecular complexity index is 6190. The summed E-state index contributed by atoms with van der Waals surface area (Å²) in [4.78, 5) is 47.3. The highest BCUT2D eigenvalue weighted by Gasteiger charge is 2.18. The van der Waals surface area contributed by atoms with Gasteiger partial charge in [-0.2, -0.15) is 20.4 Å². The number of aryl methyl sites for hydroxylation is 4. The molecule has 32 heteroatoms. The normalized spacial score (nSPS) is 11.1. The maximum absolute atomic E-state index is 11.8. The fraction of sp³-hybridized carbons (Fsp3) is 0.318. The number of aliphatic imine (C=N–C) groups is 1. The third-order valence-corrected chi connectivity index (χ3v) is 25.9. The van der Waals surface area contributed by atoms with Crippen LogP contribution in [0.2, 0.25) is 0 Å². The molecule has 744 valence electrons. The number of allylic oxidation sites excluding steroid dienone is 1. The van der Waals surface area contributed by atoms with Gasteiger partial charge in [-0.1, -0.05) is 302 Å². The molecule has 22 nitrogen and oxygen atoms in total. The van der Waals surface area contributed by atoms with E-state index in [1.165, 1.54) is 89.3 Å². The number of hydrogen-bond donors (Lipinski definition) is 4. The number of sulfone groups is 2. The number of hydrazine groups is 1. The predicted molar refractivity (Wildman–Crippen MR) is 597 cm³/mol. The van der Waals surface area contributed by atoms with Crippen molar-refractivity contribution in [3.63, 3.8) is 0 Å². The van der Waals surface area contributed by atoms with Gasteiger partial charge in [0, 0.05) is 106 Å². The van der Waals surface area contributed by atoms with Crippen LogP contribution in [0.15, 0.2) is 290 Å². The Balaban J connectivity index is 0.000000329. The van der Waals surface area contributed by atoms with Gasteiger partial charge in [-0.3, -0.25) is 54.6 Å². The molecule has 0 amide bonds. The van der Waals surface area contributed by atoms with Crippen LogP contribution in [0.1, 0.15) is 159 Å². The third-order valence-electron chi connectivity index (χ3n) is 19.2. The molecule has 0 saturated carbocycles. The molecule has 9 aromatic carbocycles. The molecule has 4 aromatic heterocycles. The van der Waals surface area contributed by atoms with Crippen LogP contribution >= 0.6 is 112 Å². The van der Waals surface area contributed by atoms with Crippen molar-refractivity contribution in [1.29, 1.82) is 0 Å². The molecule has 5 heterocycles. The zero-order valence-corrected chi connectivity index (χ0v) is 95.7. The van der Waals surface area contributed by atoms with Gasteiger partial charge in [0.1, 0.15) is 5.78 Å². The first-order valence-electron chi connectivity index (χ1n) is 45.0. The van der Waals surface area contributed by atoms with Gasteiger partial charge < -0.3 is 14.8 Å². The van der Waals surface area contributed by atoms with Gasteiger partial charge in [0.2, 0.25) is 0 Å².